The molecule has 1 fully saturated rings. The van der Waals surface area contributed by atoms with Gasteiger partial charge in [-0.2, -0.15) is 0 Å². The molecule has 0 aromatic rings. The van der Waals surface area contributed by atoms with Crippen molar-refractivity contribution >= 4 is 19.8 Å². The first-order valence-electron chi connectivity index (χ1n) is 18.9. The molecule has 0 amide bonds. The number of epoxide rings is 1. The number of aliphatic hydroxyl groups excluding tert-OH is 2. The molecule has 5 atom stereocenters. The number of aliphatic hydroxyl groups is 2. The number of esters is 2. The van der Waals surface area contributed by atoms with Gasteiger partial charge >= 0.3 is 19.8 Å². The highest BCUT2D eigenvalue weighted by molar-refractivity contribution is 7.47. The SMILES string of the molecule is CCCCCC1OC1C/C=C\C/C=C\C/C=C\CCCC(=O)OC[C@H](COP(=O)(O)OC[C@@H](O)CO)OC(=O)CCCCCCCCC(C)C. The molecule has 0 aliphatic carbocycles. The van der Waals surface area contributed by atoms with E-state index < -0.39 is 51.8 Å². The van der Waals surface area contributed by atoms with Crippen molar-refractivity contribution in [2.45, 2.75) is 161 Å². The quantitative estimate of drug-likeness (QED) is 0.0197. The second-order valence-electron chi connectivity index (χ2n) is 13.5. The van der Waals surface area contributed by atoms with E-state index in [9.17, 15) is 24.2 Å². The first-order chi connectivity index (χ1) is 24.1. The van der Waals surface area contributed by atoms with Gasteiger partial charge in [0.1, 0.15) is 12.7 Å². The van der Waals surface area contributed by atoms with E-state index in [1.807, 2.05) is 6.08 Å². The Bertz CT molecular complexity index is 1010. The summed E-state index contributed by atoms with van der Waals surface area (Å²) in [6, 6.07) is 0. The van der Waals surface area contributed by atoms with Crippen LogP contribution in [0, 0.1) is 5.92 Å². The van der Waals surface area contributed by atoms with Gasteiger partial charge in [0.2, 0.25) is 0 Å². The third-order valence-corrected chi connectivity index (χ3v) is 9.10. The number of ether oxygens (including phenoxy) is 3. The molecule has 12 heteroatoms. The van der Waals surface area contributed by atoms with E-state index in [1.165, 1.54) is 44.9 Å². The summed E-state index contributed by atoms with van der Waals surface area (Å²) in [6.45, 7) is 4.46. The van der Waals surface area contributed by atoms with Crippen LogP contribution in [-0.4, -0.2) is 77.9 Å². The van der Waals surface area contributed by atoms with Crippen molar-refractivity contribution in [2.24, 2.45) is 5.92 Å². The molecule has 0 spiro atoms. The summed E-state index contributed by atoms with van der Waals surface area (Å²) >= 11 is 0. The minimum Gasteiger partial charge on any atom is -0.462 e. The van der Waals surface area contributed by atoms with Crippen LogP contribution in [0.5, 0.6) is 0 Å². The van der Waals surface area contributed by atoms with Crippen molar-refractivity contribution in [1.29, 1.82) is 0 Å². The number of carbonyl (C=O) groups is 2. The Balaban J connectivity index is 2.31. The van der Waals surface area contributed by atoms with Crippen molar-refractivity contribution in [3.05, 3.63) is 36.5 Å². The van der Waals surface area contributed by atoms with Crippen molar-refractivity contribution in [3.8, 4) is 0 Å². The molecule has 3 unspecified atom stereocenters. The molecule has 1 rings (SSSR count). The molecule has 0 saturated carbocycles. The third kappa shape index (κ3) is 27.8. The van der Waals surface area contributed by atoms with Crippen molar-refractivity contribution in [2.75, 3.05) is 26.4 Å². The Morgan fingerprint density at radius 2 is 1.42 bits per heavy atom. The Labute approximate surface area is 301 Å². The smallest absolute Gasteiger partial charge is 0.462 e. The third-order valence-electron chi connectivity index (χ3n) is 8.15. The van der Waals surface area contributed by atoms with Gasteiger partial charge in [0.15, 0.2) is 6.10 Å². The summed E-state index contributed by atoms with van der Waals surface area (Å²) < 4.78 is 38.2. The van der Waals surface area contributed by atoms with Crippen molar-refractivity contribution < 1.29 is 52.5 Å². The zero-order chi connectivity index (χ0) is 36.9. The molecule has 1 aliphatic rings. The lowest BCUT2D eigenvalue weighted by molar-refractivity contribution is -0.161. The van der Waals surface area contributed by atoms with Crippen LogP contribution in [0.1, 0.15) is 136 Å². The number of allylic oxidation sites excluding steroid dienone is 5. The zero-order valence-corrected chi connectivity index (χ0v) is 31.9. The van der Waals surface area contributed by atoms with Gasteiger partial charge in [-0.05, 0) is 50.9 Å². The van der Waals surface area contributed by atoms with Gasteiger partial charge < -0.3 is 29.3 Å². The highest BCUT2D eigenvalue weighted by Crippen LogP contribution is 2.43. The lowest BCUT2D eigenvalue weighted by Gasteiger charge is -2.20. The molecule has 1 aliphatic heterocycles. The lowest BCUT2D eigenvalue weighted by Crippen LogP contribution is -2.29. The summed E-state index contributed by atoms with van der Waals surface area (Å²) in [7, 11) is -4.62. The van der Waals surface area contributed by atoms with Gasteiger partial charge in [-0.3, -0.25) is 18.6 Å². The average Bonchev–Trinajstić information content (AvgIpc) is 3.84. The minimum atomic E-state index is -4.62. The van der Waals surface area contributed by atoms with Crippen molar-refractivity contribution in [1.82, 2.24) is 0 Å². The Kier molecular flexibility index (Phi) is 27.4. The molecule has 0 radical (unpaired) electrons. The number of hydrogen-bond acceptors (Lipinski definition) is 10. The van der Waals surface area contributed by atoms with Crippen LogP contribution >= 0.6 is 7.82 Å². The van der Waals surface area contributed by atoms with Gasteiger partial charge in [-0.15, -0.1) is 0 Å². The van der Waals surface area contributed by atoms with Crippen LogP contribution in [-0.2, 0) is 37.4 Å². The predicted octanol–water partition coefficient (Wildman–Crippen LogP) is 8.06. The zero-order valence-electron chi connectivity index (χ0n) is 31.0. The Morgan fingerprint density at radius 3 is 2.12 bits per heavy atom. The van der Waals surface area contributed by atoms with Crippen LogP contribution in [0.25, 0.3) is 0 Å². The first kappa shape index (κ1) is 46.2. The highest BCUT2D eigenvalue weighted by Gasteiger charge is 2.36. The molecule has 1 heterocycles. The topological polar surface area (TPSA) is 161 Å². The van der Waals surface area contributed by atoms with Crippen LogP contribution in [0.15, 0.2) is 36.5 Å². The molecule has 0 bridgehead atoms. The van der Waals surface area contributed by atoms with Crippen LogP contribution in [0.3, 0.4) is 0 Å². The molecule has 3 N–H and O–H groups in total. The molecular formula is C38H67O11P. The summed E-state index contributed by atoms with van der Waals surface area (Å²) in [4.78, 5) is 34.7. The number of phosphoric ester groups is 1. The van der Waals surface area contributed by atoms with E-state index in [4.69, 9.17) is 23.8 Å². The Morgan fingerprint density at radius 1 is 0.780 bits per heavy atom. The van der Waals surface area contributed by atoms with Gasteiger partial charge in [0, 0.05) is 12.8 Å². The summed E-state index contributed by atoms with van der Waals surface area (Å²) in [5.41, 5.74) is 0. The molecule has 1 saturated heterocycles. The maximum atomic E-state index is 12.5. The maximum Gasteiger partial charge on any atom is 0.472 e. The summed E-state index contributed by atoms with van der Waals surface area (Å²) in [6.07, 6.45) is 27.6. The minimum absolute atomic E-state index is 0.161. The van der Waals surface area contributed by atoms with E-state index in [-0.39, 0.29) is 19.4 Å². The normalized spacial score (nSPS) is 18.6. The predicted molar refractivity (Wildman–Crippen MR) is 195 cm³/mol. The summed E-state index contributed by atoms with van der Waals surface area (Å²) in [5, 5.41) is 18.2. The molecule has 0 aromatic carbocycles. The number of rotatable bonds is 33. The molecule has 0 aromatic heterocycles. The largest absolute Gasteiger partial charge is 0.472 e. The van der Waals surface area contributed by atoms with E-state index in [2.05, 4.69) is 55.7 Å². The standard InChI is InChI=1S/C38H67O11P/c1-4-5-18-24-35-36(49-35)25-20-15-10-8-6-7-9-11-16-21-26-37(41)45-30-34(31-47-50(43,44)46-29-33(40)28-39)48-38(42)27-22-17-13-12-14-19-23-32(2)3/h6,8-9,11,15,20,32-36,39-40H,4-5,7,10,12-14,16-19,21-31H2,1-3H3,(H,43,44)/b8-6-,11-9-,20-15-/t33-,34+,35?,36?/m0/s1. The van der Waals surface area contributed by atoms with Gasteiger partial charge in [0.05, 0.1) is 32.0 Å². The van der Waals surface area contributed by atoms with E-state index in [1.54, 1.807) is 0 Å². The molecule has 290 valence electrons. The van der Waals surface area contributed by atoms with E-state index in [0.29, 0.717) is 37.4 Å². The summed E-state index contributed by atoms with van der Waals surface area (Å²) in [5.74, 6) is -0.297. The molecular weight excluding hydrogens is 663 g/mol. The maximum absolute atomic E-state index is 12.5. The van der Waals surface area contributed by atoms with Crippen LogP contribution in [0.4, 0.5) is 0 Å². The fraction of sp³-hybridized carbons (Fsp3) is 0.789. The average molecular weight is 731 g/mol. The van der Waals surface area contributed by atoms with Crippen LogP contribution < -0.4 is 0 Å². The van der Waals surface area contributed by atoms with Crippen molar-refractivity contribution in [3.63, 3.8) is 0 Å². The number of phosphoric acid groups is 1. The Hall–Kier alpha value is -1.85. The molecule has 50 heavy (non-hydrogen) atoms. The fourth-order valence-corrected chi connectivity index (χ4v) is 5.88. The van der Waals surface area contributed by atoms with E-state index in [0.717, 1.165) is 38.5 Å². The lowest BCUT2D eigenvalue weighted by atomic mass is 10.0. The van der Waals surface area contributed by atoms with Gasteiger partial charge in [-0.1, -0.05) is 115 Å². The highest BCUT2D eigenvalue weighted by atomic mass is 31.2. The molecule has 11 nitrogen and oxygen atoms in total. The first-order valence-corrected chi connectivity index (χ1v) is 20.4. The monoisotopic (exact) mass is 730 g/mol. The van der Waals surface area contributed by atoms with Crippen LogP contribution in [0.2, 0.25) is 0 Å². The second kappa shape index (κ2) is 29.7. The number of carbonyl (C=O) groups excluding carboxylic acids is 2. The number of unbranched alkanes of at least 4 members (excludes halogenated alkanes) is 8. The van der Waals surface area contributed by atoms with E-state index >= 15 is 0 Å². The van der Waals surface area contributed by atoms with Gasteiger partial charge in [-0.25, -0.2) is 4.57 Å². The fourth-order valence-electron chi connectivity index (χ4n) is 5.09. The second-order valence-corrected chi connectivity index (χ2v) is 14.9. The van der Waals surface area contributed by atoms with Gasteiger partial charge in [0.25, 0.3) is 0 Å². The number of hydrogen-bond donors (Lipinski definition) is 3.